The molecule has 0 radical (unpaired) electrons. The summed E-state index contributed by atoms with van der Waals surface area (Å²) in [5.41, 5.74) is 0.579. The zero-order valence-corrected chi connectivity index (χ0v) is 19.0. The lowest BCUT2D eigenvalue weighted by atomic mass is 9.78. The Bertz CT molecular complexity index is 973. The van der Waals surface area contributed by atoms with Gasteiger partial charge in [0, 0.05) is 11.6 Å². The summed E-state index contributed by atoms with van der Waals surface area (Å²) in [7, 11) is 2.27. The van der Waals surface area contributed by atoms with E-state index >= 15 is 0 Å². The molecule has 2 fully saturated rings. The summed E-state index contributed by atoms with van der Waals surface area (Å²) in [6.45, 7) is 7.97. The van der Waals surface area contributed by atoms with E-state index in [1.54, 1.807) is 13.2 Å². The maximum absolute atomic E-state index is 11.9. The molecule has 0 aromatic heterocycles. The minimum atomic E-state index is -0.619. The lowest BCUT2D eigenvalue weighted by Gasteiger charge is -2.32. The van der Waals surface area contributed by atoms with Crippen molar-refractivity contribution < 1.29 is 28.4 Å². The van der Waals surface area contributed by atoms with E-state index in [1.165, 1.54) is 13.3 Å². The number of hydrogen-bond acceptors (Lipinski definition) is 9. The van der Waals surface area contributed by atoms with Crippen molar-refractivity contribution in [2.24, 2.45) is 10.2 Å². The molecule has 0 saturated carbocycles. The highest BCUT2D eigenvalue weighted by Gasteiger charge is 2.51. The maximum atomic E-state index is 11.9. The van der Waals surface area contributed by atoms with Gasteiger partial charge in [-0.25, -0.2) is 4.79 Å². The Kier molecular flexibility index (Phi) is 6.58. The number of nitrogens with zero attached hydrogens (tertiary/aromatic N) is 2. The van der Waals surface area contributed by atoms with E-state index in [0.717, 1.165) is 23.3 Å². The molecular weight excluding hydrogens is 421 g/mol. The molecule has 3 rings (SSSR count). The Hall–Kier alpha value is -2.63. The summed E-state index contributed by atoms with van der Waals surface area (Å²) in [6, 6.07) is 5.53. The Labute approximate surface area is 185 Å². The molecule has 1 aromatic carbocycles. The van der Waals surface area contributed by atoms with Gasteiger partial charge in [0.25, 0.3) is 5.91 Å². The molecule has 0 spiro atoms. The van der Waals surface area contributed by atoms with Crippen LogP contribution >= 0.6 is 11.8 Å². The van der Waals surface area contributed by atoms with E-state index in [4.69, 9.17) is 14.0 Å². The fraction of sp³-hybridized carbons (Fsp3) is 0.400. The molecule has 1 N–H and O–H groups in total. The van der Waals surface area contributed by atoms with Crippen molar-refractivity contribution in [1.82, 2.24) is 5.32 Å². The second kappa shape index (κ2) is 8.85. The molecule has 0 aliphatic carbocycles. The van der Waals surface area contributed by atoms with Crippen LogP contribution in [0.15, 0.2) is 39.4 Å². The van der Waals surface area contributed by atoms with Gasteiger partial charge in [0.15, 0.2) is 5.17 Å². The predicted molar refractivity (Wildman–Crippen MR) is 120 cm³/mol. The molecule has 9 nitrogen and oxygen atoms in total. The van der Waals surface area contributed by atoms with Crippen LogP contribution in [0.1, 0.15) is 33.3 Å². The molecule has 11 heteroatoms. The monoisotopic (exact) mass is 445 g/mol. The first-order valence-corrected chi connectivity index (χ1v) is 10.3. The SMILES string of the molecule is COC(=O)/C=C1/S/C(=N\N=Cc2cc(B3OC(C)(C)C(C)(C)O3)ccc2OC)NC1=O. The van der Waals surface area contributed by atoms with Crippen LogP contribution in [0.25, 0.3) is 0 Å². The molecule has 1 amide bonds. The van der Waals surface area contributed by atoms with Gasteiger partial charge in [-0.1, -0.05) is 6.07 Å². The molecule has 31 heavy (non-hydrogen) atoms. The molecule has 0 unspecified atom stereocenters. The average molecular weight is 445 g/mol. The van der Waals surface area contributed by atoms with Crippen LogP contribution in [0.3, 0.4) is 0 Å². The standard InChI is InChI=1S/C20H24BN3O6S/c1-19(2)20(3,4)30-21(29-19)13-7-8-14(27-5)12(9-13)11-22-24-18-23-17(26)15(31-18)10-16(25)28-6/h7-11H,1-6H3,(H,23,24,26)/b15-10+,22-11?. The lowest BCUT2D eigenvalue weighted by Crippen LogP contribution is -2.41. The number of nitrogens with one attached hydrogen (secondary N) is 1. The number of esters is 1. The van der Waals surface area contributed by atoms with Gasteiger partial charge in [0.2, 0.25) is 0 Å². The number of ether oxygens (including phenoxy) is 2. The zero-order valence-electron chi connectivity index (χ0n) is 18.2. The summed E-state index contributed by atoms with van der Waals surface area (Å²) >= 11 is 0.995. The smallest absolute Gasteiger partial charge is 0.494 e. The van der Waals surface area contributed by atoms with Crippen LogP contribution in [0, 0.1) is 0 Å². The zero-order chi connectivity index (χ0) is 22.8. The van der Waals surface area contributed by atoms with Crippen molar-refractivity contribution in [2.75, 3.05) is 14.2 Å². The van der Waals surface area contributed by atoms with Gasteiger partial charge in [-0.15, -0.1) is 5.10 Å². The number of thioether (sulfide) groups is 1. The van der Waals surface area contributed by atoms with Gasteiger partial charge in [0.05, 0.1) is 36.5 Å². The van der Waals surface area contributed by atoms with Crippen LogP contribution in [0.2, 0.25) is 0 Å². The van der Waals surface area contributed by atoms with Crippen LogP contribution in [-0.4, -0.2) is 55.8 Å². The molecule has 2 heterocycles. The van der Waals surface area contributed by atoms with Crippen LogP contribution in [0.5, 0.6) is 5.75 Å². The normalized spacial score (nSPS) is 22.4. The Balaban J connectivity index is 1.79. The van der Waals surface area contributed by atoms with E-state index < -0.39 is 30.2 Å². The molecule has 1 aromatic rings. The van der Waals surface area contributed by atoms with E-state index in [9.17, 15) is 9.59 Å². The largest absolute Gasteiger partial charge is 0.496 e. The quantitative estimate of drug-likeness (QED) is 0.241. The van der Waals surface area contributed by atoms with Gasteiger partial charge >= 0.3 is 13.1 Å². The van der Waals surface area contributed by atoms with E-state index in [-0.39, 0.29) is 10.1 Å². The minimum Gasteiger partial charge on any atom is -0.496 e. The number of benzene rings is 1. The molecular formula is C20H24BN3O6S. The highest BCUT2D eigenvalue weighted by molar-refractivity contribution is 8.18. The van der Waals surface area contributed by atoms with E-state index in [0.29, 0.717) is 11.3 Å². The summed E-state index contributed by atoms with van der Waals surface area (Å²) in [5, 5.41) is 10.8. The van der Waals surface area contributed by atoms with Gasteiger partial charge in [0.1, 0.15) is 5.75 Å². The fourth-order valence-corrected chi connectivity index (χ4v) is 3.50. The average Bonchev–Trinajstić information content (AvgIpc) is 3.16. The van der Waals surface area contributed by atoms with Gasteiger partial charge in [-0.05, 0) is 57.1 Å². The van der Waals surface area contributed by atoms with Gasteiger partial charge in [-0.2, -0.15) is 5.10 Å². The highest BCUT2D eigenvalue weighted by Crippen LogP contribution is 2.36. The summed E-state index contributed by atoms with van der Waals surface area (Å²) in [5.74, 6) is -0.463. The minimum absolute atomic E-state index is 0.182. The third-order valence-electron chi connectivity index (χ3n) is 5.23. The molecule has 0 atom stereocenters. The number of methoxy groups -OCH3 is 2. The van der Waals surface area contributed by atoms with Crippen molar-refractivity contribution in [3.05, 3.63) is 34.7 Å². The fourth-order valence-electron chi connectivity index (χ4n) is 2.76. The van der Waals surface area contributed by atoms with Crippen molar-refractivity contribution >= 4 is 47.6 Å². The predicted octanol–water partition coefficient (Wildman–Crippen LogP) is 1.60. The Morgan fingerprint density at radius 2 is 1.87 bits per heavy atom. The van der Waals surface area contributed by atoms with E-state index in [2.05, 4.69) is 20.3 Å². The summed E-state index contributed by atoms with van der Waals surface area (Å²) < 4.78 is 22.1. The third kappa shape index (κ3) is 5.00. The second-order valence-corrected chi connectivity index (χ2v) is 8.86. The number of amidine groups is 1. The number of carbonyl (C=O) groups is 2. The van der Waals surface area contributed by atoms with Crippen molar-refractivity contribution in [1.29, 1.82) is 0 Å². The molecule has 164 valence electrons. The molecule has 2 saturated heterocycles. The molecule has 0 bridgehead atoms. The topological polar surface area (TPSA) is 108 Å². The van der Waals surface area contributed by atoms with Gasteiger partial charge in [-0.3, -0.25) is 10.1 Å². The number of hydrogen-bond donors (Lipinski definition) is 1. The molecule has 2 aliphatic heterocycles. The summed E-state index contributed by atoms with van der Waals surface area (Å²) in [4.78, 5) is 23.4. The van der Waals surface area contributed by atoms with Crippen molar-refractivity contribution in [3.8, 4) is 5.75 Å². The lowest BCUT2D eigenvalue weighted by molar-refractivity contribution is -0.135. The Morgan fingerprint density at radius 3 is 2.48 bits per heavy atom. The third-order valence-corrected chi connectivity index (χ3v) is 6.13. The first-order valence-electron chi connectivity index (χ1n) is 9.50. The Morgan fingerprint density at radius 1 is 1.19 bits per heavy atom. The van der Waals surface area contributed by atoms with Crippen LogP contribution < -0.4 is 15.5 Å². The van der Waals surface area contributed by atoms with Crippen LogP contribution in [-0.2, 0) is 23.6 Å². The first kappa shape index (κ1) is 23.0. The number of carbonyl (C=O) groups excluding carboxylic acids is 2. The number of rotatable bonds is 5. The second-order valence-electron chi connectivity index (χ2n) is 7.83. The number of amides is 1. The highest BCUT2D eigenvalue weighted by atomic mass is 32.2. The van der Waals surface area contributed by atoms with E-state index in [1.807, 2.05) is 39.8 Å². The van der Waals surface area contributed by atoms with Crippen molar-refractivity contribution in [2.45, 2.75) is 38.9 Å². The van der Waals surface area contributed by atoms with Gasteiger partial charge < -0.3 is 18.8 Å². The van der Waals surface area contributed by atoms with Crippen LogP contribution in [0.4, 0.5) is 0 Å². The maximum Gasteiger partial charge on any atom is 0.494 e. The van der Waals surface area contributed by atoms with Crippen molar-refractivity contribution in [3.63, 3.8) is 0 Å². The first-order chi connectivity index (χ1) is 14.6. The summed E-state index contributed by atoms with van der Waals surface area (Å²) in [6.07, 6.45) is 2.61. The molecule has 2 aliphatic rings.